The minimum Gasteiger partial charge on any atom is -0.497 e. The van der Waals surface area contributed by atoms with E-state index in [2.05, 4.69) is 59.6 Å². The number of hydrogen-bond acceptors (Lipinski definition) is 4. The molecule has 4 heteroatoms. The van der Waals surface area contributed by atoms with Gasteiger partial charge in [-0.25, -0.2) is 4.98 Å². The Morgan fingerprint density at radius 3 is 2.68 bits per heavy atom. The lowest BCUT2D eigenvalue weighted by atomic mass is 10.0. The molecular formula is C21H23N3O. The number of nitrogens with zero attached hydrogens (tertiary/aromatic N) is 2. The number of methoxy groups -OCH3 is 1. The molecule has 1 fully saturated rings. The van der Waals surface area contributed by atoms with Gasteiger partial charge >= 0.3 is 0 Å². The summed E-state index contributed by atoms with van der Waals surface area (Å²) in [6, 6.07) is 19.2. The Morgan fingerprint density at radius 2 is 1.92 bits per heavy atom. The highest BCUT2D eigenvalue weighted by Gasteiger charge is 2.21. The Morgan fingerprint density at radius 1 is 1.12 bits per heavy atom. The van der Waals surface area contributed by atoms with Crippen molar-refractivity contribution < 1.29 is 4.74 Å². The van der Waals surface area contributed by atoms with Gasteiger partial charge in [-0.1, -0.05) is 18.2 Å². The summed E-state index contributed by atoms with van der Waals surface area (Å²) in [5.74, 6) is 0.862. The smallest absolute Gasteiger partial charge is 0.118 e. The Balaban J connectivity index is 1.85. The van der Waals surface area contributed by atoms with Gasteiger partial charge in [-0.3, -0.25) is 0 Å². The van der Waals surface area contributed by atoms with E-state index in [9.17, 15) is 0 Å². The number of anilines is 1. The summed E-state index contributed by atoms with van der Waals surface area (Å²) < 4.78 is 5.27. The molecule has 0 bridgehead atoms. The summed E-state index contributed by atoms with van der Waals surface area (Å²) >= 11 is 0. The molecule has 128 valence electrons. The molecule has 1 saturated heterocycles. The van der Waals surface area contributed by atoms with Crippen molar-refractivity contribution in [2.24, 2.45) is 0 Å². The van der Waals surface area contributed by atoms with E-state index in [1.807, 2.05) is 12.1 Å². The molecule has 1 aliphatic rings. The number of ether oxygens (including phenoxy) is 1. The standard InChI is InChI=1S/C21H23N3O/c1-15-14-22-11-12-24(15)21-13-20(16-7-9-17(25-2)10-8-16)23-19-6-4-3-5-18(19)21/h3-10,13,15,22H,11-12,14H2,1-2H3/t15-/m1/s1. The first-order chi connectivity index (χ1) is 12.3. The Hall–Kier alpha value is -2.59. The number of pyridine rings is 1. The number of fused-ring (bicyclic) bond motifs is 1. The number of rotatable bonds is 3. The van der Waals surface area contributed by atoms with Gasteiger partial charge in [0.05, 0.1) is 18.3 Å². The van der Waals surface area contributed by atoms with Gasteiger partial charge < -0.3 is 15.0 Å². The lowest BCUT2D eigenvalue weighted by Crippen LogP contribution is -2.50. The molecule has 3 aromatic rings. The molecule has 0 saturated carbocycles. The van der Waals surface area contributed by atoms with Gasteiger partial charge in [0.25, 0.3) is 0 Å². The SMILES string of the molecule is COc1ccc(-c2cc(N3CCNC[C@H]3C)c3ccccc3n2)cc1. The van der Waals surface area contributed by atoms with Crippen molar-refractivity contribution in [2.75, 3.05) is 31.6 Å². The number of benzene rings is 2. The molecule has 0 amide bonds. The van der Waals surface area contributed by atoms with Crippen molar-refractivity contribution in [1.82, 2.24) is 10.3 Å². The maximum absolute atomic E-state index is 5.27. The van der Waals surface area contributed by atoms with Gasteiger partial charge in [-0.15, -0.1) is 0 Å². The quantitative estimate of drug-likeness (QED) is 0.793. The molecule has 1 atom stereocenters. The van der Waals surface area contributed by atoms with Gasteiger partial charge in [0.2, 0.25) is 0 Å². The maximum Gasteiger partial charge on any atom is 0.118 e. The van der Waals surface area contributed by atoms with Crippen LogP contribution in [0.3, 0.4) is 0 Å². The van der Waals surface area contributed by atoms with Gasteiger partial charge in [0.15, 0.2) is 0 Å². The molecule has 0 spiro atoms. The summed E-state index contributed by atoms with van der Waals surface area (Å²) in [7, 11) is 1.69. The van der Waals surface area contributed by atoms with Crippen LogP contribution in [-0.2, 0) is 0 Å². The Kier molecular flexibility index (Phi) is 4.28. The van der Waals surface area contributed by atoms with Crippen molar-refractivity contribution in [3.63, 3.8) is 0 Å². The van der Waals surface area contributed by atoms with Crippen molar-refractivity contribution in [3.05, 3.63) is 54.6 Å². The van der Waals surface area contributed by atoms with Crippen LogP contribution < -0.4 is 15.0 Å². The summed E-state index contributed by atoms with van der Waals surface area (Å²) in [4.78, 5) is 7.39. The van der Waals surface area contributed by atoms with E-state index in [0.29, 0.717) is 6.04 Å². The molecule has 1 aromatic heterocycles. The zero-order chi connectivity index (χ0) is 17.2. The molecule has 1 N–H and O–H groups in total. The first-order valence-corrected chi connectivity index (χ1v) is 8.78. The predicted octanol–water partition coefficient (Wildman–Crippen LogP) is 3.71. The maximum atomic E-state index is 5.27. The van der Waals surface area contributed by atoms with E-state index in [1.165, 1.54) is 11.1 Å². The largest absolute Gasteiger partial charge is 0.497 e. The Labute approximate surface area is 148 Å². The van der Waals surface area contributed by atoms with E-state index in [0.717, 1.165) is 42.2 Å². The predicted molar refractivity (Wildman–Crippen MR) is 103 cm³/mol. The van der Waals surface area contributed by atoms with Crippen LogP contribution in [0.2, 0.25) is 0 Å². The zero-order valence-electron chi connectivity index (χ0n) is 14.7. The second kappa shape index (κ2) is 6.73. The molecule has 25 heavy (non-hydrogen) atoms. The van der Waals surface area contributed by atoms with Crippen molar-refractivity contribution in [3.8, 4) is 17.0 Å². The summed E-state index contributed by atoms with van der Waals surface area (Å²) in [5.41, 5.74) is 4.42. The van der Waals surface area contributed by atoms with Crippen LogP contribution in [0.4, 0.5) is 5.69 Å². The average Bonchev–Trinajstić information content (AvgIpc) is 2.68. The third-order valence-electron chi connectivity index (χ3n) is 4.89. The molecular weight excluding hydrogens is 310 g/mol. The second-order valence-corrected chi connectivity index (χ2v) is 6.52. The molecule has 0 unspecified atom stereocenters. The van der Waals surface area contributed by atoms with E-state index < -0.39 is 0 Å². The highest BCUT2D eigenvalue weighted by molar-refractivity contribution is 5.94. The van der Waals surface area contributed by atoms with Gasteiger partial charge in [0, 0.05) is 42.3 Å². The summed E-state index contributed by atoms with van der Waals surface area (Å²) in [5, 5.41) is 4.69. The first kappa shape index (κ1) is 15.9. The number of aromatic nitrogens is 1. The lowest BCUT2D eigenvalue weighted by molar-refractivity contribution is 0.415. The topological polar surface area (TPSA) is 37.4 Å². The monoisotopic (exact) mass is 333 g/mol. The average molecular weight is 333 g/mol. The fourth-order valence-corrected chi connectivity index (χ4v) is 3.50. The molecule has 2 aromatic carbocycles. The van der Waals surface area contributed by atoms with E-state index in [1.54, 1.807) is 7.11 Å². The normalized spacial score (nSPS) is 17.7. The van der Waals surface area contributed by atoms with Crippen LogP contribution in [-0.4, -0.2) is 37.8 Å². The van der Waals surface area contributed by atoms with Crippen LogP contribution >= 0.6 is 0 Å². The molecule has 2 heterocycles. The van der Waals surface area contributed by atoms with Crippen LogP contribution in [0.5, 0.6) is 5.75 Å². The minimum atomic E-state index is 0.461. The van der Waals surface area contributed by atoms with Gasteiger partial charge in [0.1, 0.15) is 5.75 Å². The fraction of sp³-hybridized carbons (Fsp3) is 0.286. The van der Waals surface area contributed by atoms with Crippen molar-refractivity contribution in [2.45, 2.75) is 13.0 Å². The highest BCUT2D eigenvalue weighted by Crippen LogP contribution is 2.32. The van der Waals surface area contributed by atoms with E-state index >= 15 is 0 Å². The van der Waals surface area contributed by atoms with E-state index in [-0.39, 0.29) is 0 Å². The van der Waals surface area contributed by atoms with Gasteiger partial charge in [-0.2, -0.15) is 0 Å². The zero-order valence-corrected chi connectivity index (χ0v) is 14.7. The van der Waals surface area contributed by atoms with Crippen molar-refractivity contribution >= 4 is 16.6 Å². The number of nitrogens with one attached hydrogen (secondary N) is 1. The summed E-state index contributed by atoms with van der Waals surface area (Å²) in [6.45, 7) is 5.30. The van der Waals surface area contributed by atoms with Crippen LogP contribution in [0.25, 0.3) is 22.2 Å². The Bertz CT molecular complexity index is 876. The molecule has 0 aliphatic carbocycles. The summed E-state index contributed by atoms with van der Waals surface area (Å²) in [6.07, 6.45) is 0. The highest BCUT2D eigenvalue weighted by atomic mass is 16.5. The fourth-order valence-electron chi connectivity index (χ4n) is 3.50. The molecule has 4 rings (SSSR count). The number of piperazine rings is 1. The first-order valence-electron chi connectivity index (χ1n) is 8.78. The van der Waals surface area contributed by atoms with Crippen LogP contribution in [0.15, 0.2) is 54.6 Å². The van der Waals surface area contributed by atoms with Crippen LogP contribution in [0.1, 0.15) is 6.92 Å². The number of para-hydroxylation sites is 1. The van der Waals surface area contributed by atoms with Crippen molar-refractivity contribution in [1.29, 1.82) is 0 Å². The minimum absolute atomic E-state index is 0.461. The van der Waals surface area contributed by atoms with Crippen LogP contribution in [0, 0.1) is 0 Å². The number of hydrogen-bond donors (Lipinski definition) is 1. The van der Waals surface area contributed by atoms with E-state index in [4.69, 9.17) is 9.72 Å². The second-order valence-electron chi connectivity index (χ2n) is 6.52. The lowest BCUT2D eigenvalue weighted by Gasteiger charge is -2.36. The third kappa shape index (κ3) is 3.05. The molecule has 0 radical (unpaired) electrons. The van der Waals surface area contributed by atoms with Gasteiger partial charge in [-0.05, 0) is 43.3 Å². The molecule has 1 aliphatic heterocycles. The molecule has 4 nitrogen and oxygen atoms in total. The third-order valence-corrected chi connectivity index (χ3v) is 4.89.